The molecule has 0 aliphatic carbocycles. The molecular formula is C16H17BrFNO. The predicted octanol–water partition coefficient (Wildman–Crippen LogP) is 4.19. The molecule has 0 spiro atoms. The number of benzene rings is 2. The summed E-state index contributed by atoms with van der Waals surface area (Å²) in [5.41, 5.74) is 7.44. The molecule has 2 rings (SSSR count). The van der Waals surface area contributed by atoms with Crippen LogP contribution in [0.4, 0.5) is 4.39 Å². The van der Waals surface area contributed by atoms with Crippen molar-refractivity contribution in [1.82, 2.24) is 0 Å². The smallest absolute Gasteiger partial charge is 0.129 e. The first-order chi connectivity index (χ1) is 9.59. The highest BCUT2D eigenvalue weighted by molar-refractivity contribution is 9.10. The summed E-state index contributed by atoms with van der Waals surface area (Å²) in [7, 11) is 0. The van der Waals surface area contributed by atoms with Gasteiger partial charge in [-0.1, -0.05) is 52.3 Å². The SMILES string of the molecule is CC(N)C(OCc1ccccc1Br)c1ccccc1F. The Morgan fingerprint density at radius 2 is 1.80 bits per heavy atom. The van der Waals surface area contributed by atoms with Crippen molar-refractivity contribution in [2.24, 2.45) is 5.73 Å². The van der Waals surface area contributed by atoms with Crippen LogP contribution in [0, 0.1) is 5.82 Å². The van der Waals surface area contributed by atoms with Crippen molar-refractivity contribution < 1.29 is 9.13 Å². The van der Waals surface area contributed by atoms with Gasteiger partial charge < -0.3 is 10.5 Å². The second-order valence-corrected chi connectivity index (χ2v) is 5.56. The highest BCUT2D eigenvalue weighted by Gasteiger charge is 2.20. The molecule has 2 atom stereocenters. The Morgan fingerprint density at radius 3 is 2.45 bits per heavy atom. The fraction of sp³-hybridized carbons (Fsp3) is 0.250. The van der Waals surface area contributed by atoms with Gasteiger partial charge >= 0.3 is 0 Å². The van der Waals surface area contributed by atoms with Crippen LogP contribution in [-0.2, 0) is 11.3 Å². The number of halogens is 2. The zero-order chi connectivity index (χ0) is 14.5. The van der Waals surface area contributed by atoms with Gasteiger partial charge in [0.2, 0.25) is 0 Å². The maximum atomic E-state index is 13.9. The van der Waals surface area contributed by atoms with E-state index in [0.717, 1.165) is 10.0 Å². The van der Waals surface area contributed by atoms with Crippen molar-refractivity contribution >= 4 is 15.9 Å². The maximum absolute atomic E-state index is 13.9. The van der Waals surface area contributed by atoms with E-state index >= 15 is 0 Å². The van der Waals surface area contributed by atoms with Gasteiger partial charge in [-0.2, -0.15) is 0 Å². The summed E-state index contributed by atoms with van der Waals surface area (Å²) in [5.74, 6) is -0.290. The summed E-state index contributed by atoms with van der Waals surface area (Å²) in [6.45, 7) is 2.19. The standard InChI is InChI=1S/C16H17BrFNO/c1-11(19)16(13-7-3-5-9-15(13)18)20-10-12-6-2-4-8-14(12)17/h2-9,11,16H,10,19H2,1H3. The molecule has 0 aromatic heterocycles. The van der Waals surface area contributed by atoms with Crippen molar-refractivity contribution in [1.29, 1.82) is 0 Å². The quantitative estimate of drug-likeness (QED) is 0.887. The normalized spacial score (nSPS) is 14.0. The van der Waals surface area contributed by atoms with Crippen molar-refractivity contribution in [2.45, 2.75) is 25.7 Å². The van der Waals surface area contributed by atoms with E-state index in [2.05, 4.69) is 15.9 Å². The Balaban J connectivity index is 2.15. The van der Waals surface area contributed by atoms with Gasteiger partial charge in [-0.25, -0.2) is 4.39 Å². The summed E-state index contributed by atoms with van der Waals surface area (Å²) in [6, 6.07) is 14.1. The van der Waals surface area contributed by atoms with Gasteiger partial charge in [0.15, 0.2) is 0 Å². The molecule has 2 unspecified atom stereocenters. The van der Waals surface area contributed by atoms with Crippen LogP contribution in [0.1, 0.15) is 24.2 Å². The van der Waals surface area contributed by atoms with Crippen LogP contribution in [0.3, 0.4) is 0 Å². The van der Waals surface area contributed by atoms with Gasteiger partial charge in [0.1, 0.15) is 11.9 Å². The molecule has 0 bridgehead atoms. The van der Waals surface area contributed by atoms with Gasteiger partial charge in [0, 0.05) is 16.1 Å². The van der Waals surface area contributed by atoms with E-state index in [0.29, 0.717) is 12.2 Å². The van der Waals surface area contributed by atoms with Crippen molar-refractivity contribution in [3.8, 4) is 0 Å². The van der Waals surface area contributed by atoms with E-state index in [9.17, 15) is 4.39 Å². The summed E-state index contributed by atoms with van der Waals surface area (Å²) < 4.78 is 20.7. The van der Waals surface area contributed by atoms with Crippen LogP contribution < -0.4 is 5.73 Å². The highest BCUT2D eigenvalue weighted by atomic mass is 79.9. The summed E-state index contributed by atoms with van der Waals surface area (Å²) in [4.78, 5) is 0. The first kappa shape index (κ1) is 15.2. The fourth-order valence-electron chi connectivity index (χ4n) is 2.03. The molecule has 4 heteroatoms. The lowest BCUT2D eigenvalue weighted by molar-refractivity contribution is 0.0233. The molecule has 2 aromatic carbocycles. The van der Waals surface area contributed by atoms with Crippen molar-refractivity contribution in [3.63, 3.8) is 0 Å². The molecule has 0 heterocycles. The molecule has 0 saturated carbocycles. The van der Waals surface area contributed by atoms with E-state index in [1.54, 1.807) is 18.2 Å². The average Bonchev–Trinajstić information content (AvgIpc) is 2.42. The van der Waals surface area contributed by atoms with Crippen LogP contribution in [0.15, 0.2) is 53.0 Å². The van der Waals surface area contributed by atoms with Gasteiger partial charge in [-0.15, -0.1) is 0 Å². The zero-order valence-electron chi connectivity index (χ0n) is 11.2. The van der Waals surface area contributed by atoms with Crippen LogP contribution in [-0.4, -0.2) is 6.04 Å². The number of ether oxygens (including phenoxy) is 1. The minimum Gasteiger partial charge on any atom is -0.367 e. The van der Waals surface area contributed by atoms with Crippen LogP contribution in [0.25, 0.3) is 0 Å². The predicted molar refractivity (Wildman–Crippen MR) is 81.7 cm³/mol. The molecule has 20 heavy (non-hydrogen) atoms. The molecule has 0 amide bonds. The minimum absolute atomic E-state index is 0.290. The molecule has 0 fully saturated rings. The van der Waals surface area contributed by atoms with Crippen molar-refractivity contribution in [2.75, 3.05) is 0 Å². The zero-order valence-corrected chi connectivity index (χ0v) is 12.8. The van der Waals surface area contributed by atoms with Crippen LogP contribution in [0.5, 0.6) is 0 Å². The average molecular weight is 338 g/mol. The molecule has 106 valence electrons. The lowest BCUT2D eigenvalue weighted by atomic mass is 10.0. The molecule has 2 aromatic rings. The Kier molecular flexibility index (Phi) is 5.29. The lowest BCUT2D eigenvalue weighted by Crippen LogP contribution is -2.27. The number of hydrogen-bond acceptors (Lipinski definition) is 2. The third kappa shape index (κ3) is 3.66. The van der Waals surface area contributed by atoms with E-state index in [-0.39, 0.29) is 11.9 Å². The van der Waals surface area contributed by atoms with Gasteiger partial charge in [0.25, 0.3) is 0 Å². The third-order valence-electron chi connectivity index (χ3n) is 3.07. The molecule has 0 aliphatic heterocycles. The molecular weight excluding hydrogens is 321 g/mol. The highest BCUT2D eigenvalue weighted by Crippen LogP contribution is 2.26. The number of rotatable bonds is 5. The van der Waals surface area contributed by atoms with Gasteiger partial charge in [-0.05, 0) is 24.6 Å². The second kappa shape index (κ2) is 6.97. The van der Waals surface area contributed by atoms with E-state index in [1.807, 2.05) is 31.2 Å². The van der Waals surface area contributed by atoms with E-state index in [1.165, 1.54) is 6.07 Å². The minimum atomic E-state index is -0.469. The van der Waals surface area contributed by atoms with Crippen LogP contribution in [0.2, 0.25) is 0 Å². The third-order valence-corrected chi connectivity index (χ3v) is 3.84. The Hall–Kier alpha value is -1.23. The van der Waals surface area contributed by atoms with E-state index < -0.39 is 6.10 Å². The van der Waals surface area contributed by atoms with Gasteiger partial charge in [-0.3, -0.25) is 0 Å². The molecule has 0 radical (unpaired) electrons. The first-order valence-electron chi connectivity index (χ1n) is 6.44. The second-order valence-electron chi connectivity index (χ2n) is 4.70. The monoisotopic (exact) mass is 337 g/mol. The molecule has 2 N–H and O–H groups in total. The Bertz CT molecular complexity index is 574. The fourth-order valence-corrected chi connectivity index (χ4v) is 2.42. The van der Waals surface area contributed by atoms with Gasteiger partial charge in [0.05, 0.1) is 6.61 Å². The Labute approximate surface area is 126 Å². The lowest BCUT2D eigenvalue weighted by Gasteiger charge is -2.22. The largest absolute Gasteiger partial charge is 0.367 e. The number of nitrogens with two attached hydrogens (primary N) is 1. The summed E-state index contributed by atoms with van der Waals surface area (Å²) in [5, 5.41) is 0. The van der Waals surface area contributed by atoms with E-state index in [4.69, 9.17) is 10.5 Å². The molecule has 0 aliphatic rings. The number of hydrogen-bond donors (Lipinski definition) is 1. The topological polar surface area (TPSA) is 35.2 Å². The van der Waals surface area contributed by atoms with Crippen LogP contribution >= 0.6 is 15.9 Å². The summed E-state index contributed by atoms with van der Waals surface area (Å²) in [6.07, 6.45) is -0.469. The Morgan fingerprint density at radius 1 is 1.15 bits per heavy atom. The molecule has 0 saturated heterocycles. The summed E-state index contributed by atoms with van der Waals surface area (Å²) >= 11 is 3.47. The first-order valence-corrected chi connectivity index (χ1v) is 7.24. The van der Waals surface area contributed by atoms with Crippen molar-refractivity contribution in [3.05, 3.63) is 69.9 Å². The maximum Gasteiger partial charge on any atom is 0.129 e. The molecule has 2 nitrogen and oxygen atoms in total.